The molecule has 2 nitrogen and oxygen atoms in total. The Morgan fingerprint density at radius 2 is 2.06 bits per heavy atom. The van der Waals surface area contributed by atoms with Crippen LogP contribution in [0.25, 0.3) is 21.6 Å². The van der Waals surface area contributed by atoms with Crippen molar-refractivity contribution >= 4 is 22.2 Å². The highest BCUT2D eigenvalue weighted by molar-refractivity contribution is 7.13. The summed E-state index contributed by atoms with van der Waals surface area (Å²) in [5.74, 6) is 0. The van der Waals surface area contributed by atoms with Crippen LogP contribution in [0.15, 0.2) is 41.9 Å². The Hall–Kier alpha value is -1.74. The Bertz CT molecular complexity index is 629. The van der Waals surface area contributed by atoms with E-state index in [0.29, 0.717) is 0 Å². The summed E-state index contributed by atoms with van der Waals surface area (Å²) in [6.45, 7) is 2.09. The van der Waals surface area contributed by atoms with Gasteiger partial charge in [-0.3, -0.25) is 0 Å². The molecule has 2 aromatic heterocycles. The maximum absolute atomic E-state index is 4.61. The van der Waals surface area contributed by atoms with Gasteiger partial charge in [0.1, 0.15) is 5.01 Å². The molecule has 0 N–H and O–H groups in total. The van der Waals surface area contributed by atoms with Gasteiger partial charge in [-0.2, -0.15) is 0 Å². The van der Waals surface area contributed by atoms with Gasteiger partial charge in [0.15, 0.2) is 0 Å². The molecule has 0 aliphatic carbocycles. The van der Waals surface area contributed by atoms with Gasteiger partial charge in [-0.1, -0.05) is 17.7 Å². The number of hydrogen-bond donors (Lipinski definition) is 0. The number of rotatable bonds is 1. The van der Waals surface area contributed by atoms with Crippen molar-refractivity contribution in [2.45, 2.75) is 6.92 Å². The van der Waals surface area contributed by atoms with E-state index in [1.165, 1.54) is 10.9 Å². The first-order chi connectivity index (χ1) is 7.83. The molecular formula is C13H10N2S. The zero-order valence-corrected chi connectivity index (χ0v) is 9.66. The van der Waals surface area contributed by atoms with Crippen LogP contribution < -0.4 is 0 Å². The zero-order chi connectivity index (χ0) is 11.0. The van der Waals surface area contributed by atoms with E-state index < -0.39 is 0 Å². The largest absolute Gasteiger partial charge is 0.245 e. The number of aryl methyl sites for hydroxylation is 1. The second-order valence-corrected chi connectivity index (χ2v) is 4.62. The average molecular weight is 226 g/mol. The zero-order valence-electron chi connectivity index (χ0n) is 8.84. The molecule has 0 aliphatic heterocycles. The molecule has 0 saturated carbocycles. The van der Waals surface area contributed by atoms with Crippen molar-refractivity contribution in [3.05, 3.63) is 47.5 Å². The number of benzene rings is 1. The Balaban J connectivity index is 2.20. The summed E-state index contributed by atoms with van der Waals surface area (Å²) in [6.07, 6.45) is 1.81. The summed E-state index contributed by atoms with van der Waals surface area (Å²) in [4.78, 5) is 8.87. The first-order valence-corrected chi connectivity index (χ1v) is 5.98. The average Bonchev–Trinajstić information content (AvgIpc) is 2.82. The third-order valence-corrected chi connectivity index (χ3v) is 3.29. The number of nitrogens with zero attached hydrogens (tertiary/aromatic N) is 2. The minimum Gasteiger partial charge on any atom is -0.245 e. The molecule has 3 rings (SSSR count). The summed E-state index contributed by atoms with van der Waals surface area (Å²) in [5, 5.41) is 4.12. The summed E-state index contributed by atoms with van der Waals surface area (Å²) in [7, 11) is 0. The van der Waals surface area contributed by atoms with Crippen molar-refractivity contribution in [2.24, 2.45) is 0 Å². The molecule has 1 aromatic carbocycles. The van der Waals surface area contributed by atoms with Crippen LogP contribution in [0.2, 0.25) is 0 Å². The molecule has 78 valence electrons. The van der Waals surface area contributed by atoms with Crippen LogP contribution in [0.1, 0.15) is 5.56 Å². The highest BCUT2D eigenvalue weighted by atomic mass is 32.1. The van der Waals surface area contributed by atoms with Gasteiger partial charge in [0, 0.05) is 17.0 Å². The lowest BCUT2D eigenvalue weighted by atomic mass is 10.1. The van der Waals surface area contributed by atoms with E-state index >= 15 is 0 Å². The van der Waals surface area contributed by atoms with E-state index in [-0.39, 0.29) is 0 Å². The van der Waals surface area contributed by atoms with Gasteiger partial charge in [-0.05, 0) is 25.1 Å². The number of thiazole rings is 1. The summed E-state index contributed by atoms with van der Waals surface area (Å²) in [6, 6.07) is 10.4. The Morgan fingerprint density at radius 1 is 1.12 bits per heavy atom. The maximum atomic E-state index is 4.61. The van der Waals surface area contributed by atoms with Crippen LogP contribution in [0, 0.1) is 6.92 Å². The number of fused-ring (bicyclic) bond motifs is 1. The Kier molecular flexibility index (Phi) is 2.18. The third kappa shape index (κ3) is 1.59. The second-order valence-electron chi connectivity index (χ2n) is 3.73. The topological polar surface area (TPSA) is 25.8 Å². The van der Waals surface area contributed by atoms with E-state index in [4.69, 9.17) is 0 Å². The molecule has 0 spiro atoms. The first-order valence-electron chi connectivity index (χ1n) is 5.10. The lowest BCUT2D eigenvalue weighted by molar-refractivity contribution is 1.33. The van der Waals surface area contributed by atoms with Gasteiger partial charge >= 0.3 is 0 Å². The molecule has 0 bridgehead atoms. The van der Waals surface area contributed by atoms with E-state index in [1.807, 2.05) is 11.4 Å². The molecule has 0 fully saturated rings. The van der Waals surface area contributed by atoms with Crippen LogP contribution in [0.3, 0.4) is 0 Å². The van der Waals surface area contributed by atoms with Gasteiger partial charge < -0.3 is 0 Å². The molecule has 16 heavy (non-hydrogen) atoms. The van der Waals surface area contributed by atoms with E-state index in [1.54, 1.807) is 17.5 Å². The second kappa shape index (κ2) is 3.68. The number of pyridine rings is 1. The summed E-state index contributed by atoms with van der Waals surface area (Å²) in [5.41, 5.74) is 3.24. The normalized spacial score (nSPS) is 10.8. The monoisotopic (exact) mass is 226 g/mol. The molecule has 0 unspecified atom stereocenters. The van der Waals surface area contributed by atoms with Crippen molar-refractivity contribution in [1.82, 2.24) is 9.97 Å². The smallest absolute Gasteiger partial charge is 0.141 e. The van der Waals surface area contributed by atoms with E-state index in [2.05, 4.69) is 41.2 Å². The van der Waals surface area contributed by atoms with Crippen molar-refractivity contribution in [2.75, 3.05) is 0 Å². The highest BCUT2D eigenvalue weighted by Crippen LogP contribution is 2.22. The maximum Gasteiger partial charge on any atom is 0.141 e. The van der Waals surface area contributed by atoms with Gasteiger partial charge in [-0.25, -0.2) is 9.97 Å². The highest BCUT2D eigenvalue weighted by Gasteiger charge is 2.03. The van der Waals surface area contributed by atoms with Crippen LogP contribution in [0.4, 0.5) is 0 Å². The Morgan fingerprint density at radius 3 is 2.88 bits per heavy atom. The molecule has 3 heteroatoms. The van der Waals surface area contributed by atoms with Crippen molar-refractivity contribution < 1.29 is 0 Å². The van der Waals surface area contributed by atoms with Crippen LogP contribution in [-0.2, 0) is 0 Å². The van der Waals surface area contributed by atoms with Gasteiger partial charge in [0.2, 0.25) is 0 Å². The van der Waals surface area contributed by atoms with E-state index in [9.17, 15) is 0 Å². The minimum atomic E-state index is 0.950. The third-order valence-electron chi connectivity index (χ3n) is 2.50. The van der Waals surface area contributed by atoms with Gasteiger partial charge in [0.25, 0.3) is 0 Å². The first kappa shape index (κ1) is 9.48. The molecule has 0 aliphatic rings. The van der Waals surface area contributed by atoms with Crippen LogP contribution >= 0.6 is 11.3 Å². The van der Waals surface area contributed by atoms with Gasteiger partial charge in [-0.15, -0.1) is 11.3 Å². The molecule has 0 radical (unpaired) electrons. The predicted molar refractivity (Wildman–Crippen MR) is 67.6 cm³/mol. The van der Waals surface area contributed by atoms with E-state index in [0.717, 1.165) is 16.2 Å². The van der Waals surface area contributed by atoms with Crippen LogP contribution in [-0.4, -0.2) is 9.97 Å². The predicted octanol–water partition coefficient (Wildman–Crippen LogP) is 3.67. The number of hydrogen-bond acceptors (Lipinski definition) is 3. The van der Waals surface area contributed by atoms with Crippen molar-refractivity contribution in [1.29, 1.82) is 0 Å². The standard InChI is InChI=1S/C13H10N2S/c1-9-2-4-11-10(8-9)3-5-12(15-11)13-14-6-7-16-13/h2-8H,1H3. The fourth-order valence-electron chi connectivity index (χ4n) is 1.71. The number of aromatic nitrogens is 2. The molecule has 0 saturated heterocycles. The van der Waals surface area contributed by atoms with Crippen LogP contribution in [0.5, 0.6) is 0 Å². The molecule has 0 atom stereocenters. The quantitative estimate of drug-likeness (QED) is 0.632. The molecule has 3 aromatic rings. The lowest BCUT2D eigenvalue weighted by Gasteiger charge is -2.01. The SMILES string of the molecule is Cc1ccc2nc(-c3nccs3)ccc2c1. The molecule has 2 heterocycles. The van der Waals surface area contributed by atoms with Crippen molar-refractivity contribution in [3.63, 3.8) is 0 Å². The fourth-order valence-corrected chi connectivity index (χ4v) is 2.32. The fraction of sp³-hybridized carbons (Fsp3) is 0.0769. The minimum absolute atomic E-state index is 0.950. The molecular weight excluding hydrogens is 216 g/mol. The summed E-state index contributed by atoms with van der Waals surface area (Å²) >= 11 is 1.61. The van der Waals surface area contributed by atoms with Gasteiger partial charge in [0.05, 0.1) is 11.2 Å². The molecule has 0 amide bonds. The lowest BCUT2D eigenvalue weighted by Crippen LogP contribution is -1.84. The Labute approximate surface area is 97.6 Å². The van der Waals surface area contributed by atoms with Crippen molar-refractivity contribution in [3.8, 4) is 10.7 Å². The summed E-state index contributed by atoms with van der Waals surface area (Å²) < 4.78 is 0.